The Balaban J connectivity index is 2.49. The molecule has 1 fully saturated rings. The van der Waals surface area contributed by atoms with Gasteiger partial charge in [-0.3, -0.25) is 0 Å². The van der Waals surface area contributed by atoms with Gasteiger partial charge in [0.05, 0.1) is 13.7 Å². The molecular weight excluding hydrogens is 178 g/mol. The summed E-state index contributed by atoms with van der Waals surface area (Å²) in [7, 11) is 1.31. The molecule has 13 heavy (non-hydrogen) atoms. The van der Waals surface area contributed by atoms with Crippen LogP contribution >= 0.6 is 0 Å². The summed E-state index contributed by atoms with van der Waals surface area (Å²) >= 11 is 0. The Bertz CT molecular complexity index is 335. The first-order valence-electron chi connectivity index (χ1n) is 3.87. The number of halogens is 2. The van der Waals surface area contributed by atoms with Gasteiger partial charge < -0.3 is 9.47 Å². The first kappa shape index (κ1) is 8.44. The van der Waals surface area contributed by atoms with E-state index < -0.39 is 11.6 Å². The summed E-state index contributed by atoms with van der Waals surface area (Å²) in [5.41, 5.74) is 0.571. The Kier molecular flexibility index (Phi) is 1.92. The molecule has 0 amide bonds. The number of ether oxygens (including phenoxy) is 2. The van der Waals surface area contributed by atoms with Crippen molar-refractivity contribution in [2.24, 2.45) is 0 Å². The monoisotopic (exact) mass is 186 g/mol. The molecule has 0 aliphatic carbocycles. The molecule has 1 aliphatic heterocycles. The first-order valence-corrected chi connectivity index (χ1v) is 3.87. The lowest BCUT2D eigenvalue weighted by Crippen LogP contribution is -1.97. The van der Waals surface area contributed by atoms with Crippen molar-refractivity contribution >= 4 is 0 Å². The molecule has 1 heterocycles. The predicted octanol–water partition coefficient (Wildman–Crippen LogP) is 2.04. The van der Waals surface area contributed by atoms with E-state index in [1.54, 1.807) is 0 Å². The number of benzene rings is 1. The van der Waals surface area contributed by atoms with Crippen LogP contribution in [0.5, 0.6) is 5.75 Å². The molecule has 0 unspecified atom stereocenters. The summed E-state index contributed by atoms with van der Waals surface area (Å²) in [5, 5.41) is 0. The van der Waals surface area contributed by atoms with Crippen LogP contribution in [0.25, 0.3) is 0 Å². The van der Waals surface area contributed by atoms with Crippen molar-refractivity contribution < 1.29 is 18.3 Å². The molecule has 0 bridgehead atoms. The van der Waals surface area contributed by atoms with Crippen LogP contribution < -0.4 is 4.74 Å². The summed E-state index contributed by atoms with van der Waals surface area (Å²) in [4.78, 5) is 0. The minimum atomic E-state index is -0.949. The third-order valence-electron chi connectivity index (χ3n) is 1.96. The Morgan fingerprint density at radius 1 is 1.46 bits per heavy atom. The zero-order chi connectivity index (χ0) is 9.42. The molecule has 0 N–H and O–H groups in total. The third-order valence-corrected chi connectivity index (χ3v) is 1.96. The quantitative estimate of drug-likeness (QED) is 0.659. The standard InChI is InChI=1S/C9H8F2O2/c1-12-9-5(7-4-13-7)2-3-6(10)8(9)11/h2-3,7H,4H2,1H3/t7-/m1/s1. The number of rotatable bonds is 2. The van der Waals surface area contributed by atoms with Crippen LogP contribution in [0.2, 0.25) is 0 Å². The average Bonchev–Trinajstić information content (AvgIpc) is 2.92. The third kappa shape index (κ3) is 1.37. The summed E-state index contributed by atoms with van der Waals surface area (Å²) in [6.07, 6.45) is -0.134. The van der Waals surface area contributed by atoms with Gasteiger partial charge in [-0.1, -0.05) is 0 Å². The maximum absolute atomic E-state index is 13.1. The highest BCUT2D eigenvalue weighted by molar-refractivity contribution is 5.38. The van der Waals surface area contributed by atoms with E-state index in [1.165, 1.54) is 13.2 Å². The van der Waals surface area contributed by atoms with Crippen LogP contribution in [0, 0.1) is 11.6 Å². The predicted molar refractivity (Wildman–Crippen MR) is 41.6 cm³/mol. The van der Waals surface area contributed by atoms with Gasteiger partial charge in [0.2, 0.25) is 5.82 Å². The zero-order valence-corrected chi connectivity index (χ0v) is 7.01. The Hall–Kier alpha value is -1.16. The van der Waals surface area contributed by atoms with E-state index in [1.807, 2.05) is 0 Å². The number of hydrogen-bond acceptors (Lipinski definition) is 2. The average molecular weight is 186 g/mol. The molecule has 1 saturated heterocycles. The molecule has 2 nitrogen and oxygen atoms in total. The highest BCUT2D eigenvalue weighted by Crippen LogP contribution is 2.38. The van der Waals surface area contributed by atoms with E-state index in [9.17, 15) is 8.78 Å². The maximum atomic E-state index is 13.1. The second kappa shape index (κ2) is 2.96. The van der Waals surface area contributed by atoms with E-state index in [0.29, 0.717) is 12.2 Å². The summed E-state index contributed by atoms with van der Waals surface area (Å²) < 4.78 is 35.6. The minimum absolute atomic E-state index is 0.0532. The molecule has 1 aromatic rings. The molecule has 70 valence electrons. The van der Waals surface area contributed by atoms with E-state index in [2.05, 4.69) is 0 Å². The van der Waals surface area contributed by atoms with Gasteiger partial charge in [0.1, 0.15) is 6.10 Å². The molecule has 0 saturated carbocycles. The second-order valence-electron chi connectivity index (χ2n) is 2.81. The molecular formula is C9H8F2O2. The Labute approximate surface area is 74.1 Å². The SMILES string of the molecule is COc1c([C@H]2CO2)ccc(F)c1F. The molecule has 1 aliphatic rings. The van der Waals surface area contributed by atoms with Gasteiger partial charge in [-0.15, -0.1) is 0 Å². The van der Waals surface area contributed by atoms with Crippen LogP contribution in [0.1, 0.15) is 11.7 Å². The lowest BCUT2D eigenvalue weighted by Gasteiger charge is -2.07. The summed E-state index contributed by atoms with van der Waals surface area (Å²) in [6, 6.07) is 2.56. The Morgan fingerprint density at radius 3 is 2.69 bits per heavy atom. The van der Waals surface area contributed by atoms with Crippen molar-refractivity contribution in [1.29, 1.82) is 0 Å². The lowest BCUT2D eigenvalue weighted by molar-refractivity contribution is 0.353. The van der Waals surface area contributed by atoms with E-state index >= 15 is 0 Å². The highest BCUT2D eigenvalue weighted by Gasteiger charge is 2.30. The van der Waals surface area contributed by atoms with Crippen molar-refractivity contribution in [3.05, 3.63) is 29.3 Å². The molecule has 0 aromatic heterocycles. The molecule has 1 atom stereocenters. The van der Waals surface area contributed by atoms with Gasteiger partial charge in [0.15, 0.2) is 11.6 Å². The van der Waals surface area contributed by atoms with Gasteiger partial charge >= 0.3 is 0 Å². The second-order valence-corrected chi connectivity index (χ2v) is 2.81. The van der Waals surface area contributed by atoms with Crippen molar-refractivity contribution in [3.63, 3.8) is 0 Å². The van der Waals surface area contributed by atoms with Crippen molar-refractivity contribution in [3.8, 4) is 5.75 Å². The normalized spacial score (nSPS) is 20.1. The van der Waals surface area contributed by atoms with Crippen molar-refractivity contribution in [1.82, 2.24) is 0 Å². The Morgan fingerprint density at radius 2 is 2.15 bits per heavy atom. The number of hydrogen-bond donors (Lipinski definition) is 0. The van der Waals surface area contributed by atoms with Crippen molar-refractivity contribution in [2.75, 3.05) is 13.7 Å². The van der Waals surface area contributed by atoms with Crippen LogP contribution in [0.15, 0.2) is 12.1 Å². The number of epoxide rings is 1. The lowest BCUT2D eigenvalue weighted by atomic mass is 10.1. The molecule has 1 aromatic carbocycles. The fourth-order valence-electron chi connectivity index (χ4n) is 1.24. The van der Waals surface area contributed by atoms with Gasteiger partial charge in [-0.25, -0.2) is 4.39 Å². The van der Waals surface area contributed by atoms with E-state index in [4.69, 9.17) is 9.47 Å². The summed E-state index contributed by atoms with van der Waals surface area (Å²) in [5.74, 6) is -1.90. The van der Waals surface area contributed by atoms with Crippen molar-refractivity contribution in [2.45, 2.75) is 6.10 Å². The minimum Gasteiger partial charge on any atom is -0.493 e. The molecule has 4 heteroatoms. The summed E-state index contributed by atoms with van der Waals surface area (Å²) in [6.45, 7) is 0.543. The molecule has 0 spiro atoms. The van der Waals surface area contributed by atoms with Crippen LogP contribution in [0.4, 0.5) is 8.78 Å². The maximum Gasteiger partial charge on any atom is 0.200 e. The van der Waals surface area contributed by atoms with E-state index in [-0.39, 0.29) is 11.9 Å². The smallest absolute Gasteiger partial charge is 0.200 e. The van der Waals surface area contributed by atoms with Crippen LogP contribution in [-0.2, 0) is 4.74 Å². The topological polar surface area (TPSA) is 21.8 Å². The fraction of sp³-hybridized carbons (Fsp3) is 0.333. The fourth-order valence-corrected chi connectivity index (χ4v) is 1.24. The molecule has 2 rings (SSSR count). The number of methoxy groups -OCH3 is 1. The molecule has 0 radical (unpaired) electrons. The van der Waals surface area contributed by atoms with Gasteiger partial charge in [-0.2, -0.15) is 4.39 Å². The van der Waals surface area contributed by atoms with E-state index in [0.717, 1.165) is 6.07 Å². The van der Waals surface area contributed by atoms with Gasteiger partial charge in [0.25, 0.3) is 0 Å². The van der Waals surface area contributed by atoms with Crippen LogP contribution in [-0.4, -0.2) is 13.7 Å². The van der Waals surface area contributed by atoms with Gasteiger partial charge in [-0.05, 0) is 12.1 Å². The van der Waals surface area contributed by atoms with Crippen LogP contribution in [0.3, 0.4) is 0 Å². The largest absolute Gasteiger partial charge is 0.493 e. The zero-order valence-electron chi connectivity index (χ0n) is 7.01. The highest BCUT2D eigenvalue weighted by atomic mass is 19.2. The first-order chi connectivity index (χ1) is 6.24. The van der Waals surface area contributed by atoms with Gasteiger partial charge in [0, 0.05) is 5.56 Å².